The normalized spacial score (nSPS) is 11.4. The number of nitrogens with two attached hydrogens (primary N) is 1. The van der Waals surface area contributed by atoms with Crippen molar-refractivity contribution in [2.24, 2.45) is 0 Å². The molecule has 0 aliphatic rings. The quantitative estimate of drug-likeness (QED) is 0.560. The lowest BCUT2D eigenvalue weighted by molar-refractivity contribution is 0.579. The minimum atomic E-state index is -4.11. The Morgan fingerprint density at radius 1 is 1.05 bits per heavy atom. The molecule has 0 aliphatic carbocycles. The van der Waals surface area contributed by atoms with Crippen LogP contribution in [0.5, 0.6) is 0 Å². The molecule has 2 rings (SSSR count). The zero-order valence-corrected chi connectivity index (χ0v) is 14.2. The average Bonchev–Trinajstić information content (AvgIpc) is 2.38. The predicted octanol–water partition coefficient (Wildman–Crippen LogP) is 3.87. The van der Waals surface area contributed by atoms with E-state index in [2.05, 4.69) is 31.9 Å². The molecule has 21 heavy (non-hydrogen) atoms. The van der Waals surface area contributed by atoms with Crippen LogP contribution in [0.25, 0.3) is 0 Å². The van der Waals surface area contributed by atoms with Crippen molar-refractivity contribution in [2.45, 2.75) is 4.90 Å². The molecule has 2 aromatic carbocycles. The van der Waals surface area contributed by atoms with Gasteiger partial charge in [-0.05, 0) is 40.2 Å². The van der Waals surface area contributed by atoms with Crippen molar-refractivity contribution in [3.63, 3.8) is 0 Å². The summed E-state index contributed by atoms with van der Waals surface area (Å²) in [6.45, 7) is 0. The topological polar surface area (TPSA) is 72.2 Å². The molecule has 0 fully saturated rings. The number of hydrogen-bond acceptors (Lipinski definition) is 3. The summed E-state index contributed by atoms with van der Waals surface area (Å²) in [6.07, 6.45) is 0. The van der Waals surface area contributed by atoms with Gasteiger partial charge in [0.1, 0.15) is 16.5 Å². The molecule has 0 bridgehead atoms. The van der Waals surface area contributed by atoms with Crippen LogP contribution in [-0.2, 0) is 10.0 Å². The number of rotatable bonds is 3. The van der Waals surface area contributed by atoms with Gasteiger partial charge in [-0.15, -0.1) is 0 Å². The van der Waals surface area contributed by atoms with Gasteiger partial charge in [0.15, 0.2) is 0 Å². The third-order valence-electron chi connectivity index (χ3n) is 2.52. The van der Waals surface area contributed by atoms with Gasteiger partial charge in [0.25, 0.3) is 10.0 Å². The smallest absolute Gasteiger partial charge is 0.264 e. The maximum absolute atomic E-state index is 13.6. The maximum Gasteiger partial charge on any atom is 0.264 e. The number of nitrogen functional groups attached to an aromatic ring is 1. The Morgan fingerprint density at radius 2 is 1.71 bits per heavy atom. The Kier molecular flexibility index (Phi) is 4.54. The highest BCUT2D eigenvalue weighted by Crippen LogP contribution is 2.28. The molecule has 0 heterocycles. The van der Waals surface area contributed by atoms with Crippen molar-refractivity contribution in [3.05, 3.63) is 50.9 Å². The minimum absolute atomic E-state index is 0.00675. The Balaban J connectivity index is 2.47. The van der Waals surface area contributed by atoms with Crippen LogP contribution in [0.15, 0.2) is 44.2 Å². The zero-order valence-electron chi connectivity index (χ0n) is 10.2. The first kappa shape index (κ1) is 16.2. The number of hydrogen-bond donors (Lipinski definition) is 2. The third-order valence-corrected chi connectivity index (χ3v) is 5.04. The van der Waals surface area contributed by atoms with Gasteiger partial charge in [0.05, 0.1) is 15.8 Å². The van der Waals surface area contributed by atoms with Gasteiger partial charge in [0.2, 0.25) is 0 Å². The Morgan fingerprint density at radius 3 is 2.38 bits per heavy atom. The summed E-state index contributed by atoms with van der Waals surface area (Å²) in [7, 11) is -4.11. The van der Waals surface area contributed by atoms with E-state index in [1.807, 2.05) is 4.72 Å². The summed E-state index contributed by atoms with van der Waals surface area (Å²) >= 11 is 5.99. The van der Waals surface area contributed by atoms with E-state index in [9.17, 15) is 17.2 Å². The highest BCUT2D eigenvalue weighted by molar-refractivity contribution is 9.10. The molecule has 3 N–H and O–H groups in total. The summed E-state index contributed by atoms with van der Waals surface area (Å²) < 4.78 is 53.7. The van der Waals surface area contributed by atoms with Gasteiger partial charge in [-0.25, -0.2) is 17.2 Å². The van der Waals surface area contributed by atoms with Crippen LogP contribution < -0.4 is 10.5 Å². The van der Waals surface area contributed by atoms with E-state index in [1.165, 1.54) is 12.1 Å². The first-order valence-electron chi connectivity index (χ1n) is 5.43. The number of sulfonamides is 1. The molecule has 0 spiro atoms. The molecule has 0 aliphatic heterocycles. The number of nitrogens with one attached hydrogen (secondary N) is 1. The van der Waals surface area contributed by atoms with Crippen LogP contribution in [0.3, 0.4) is 0 Å². The fraction of sp³-hybridized carbons (Fsp3) is 0. The van der Waals surface area contributed by atoms with E-state index >= 15 is 0 Å². The van der Waals surface area contributed by atoms with Gasteiger partial charge in [-0.2, -0.15) is 0 Å². The molecule has 2 aromatic rings. The summed E-state index contributed by atoms with van der Waals surface area (Å²) in [5, 5.41) is 0. The van der Waals surface area contributed by atoms with E-state index in [-0.39, 0.29) is 20.7 Å². The highest BCUT2D eigenvalue weighted by atomic mass is 79.9. The molecular weight excluding hydrogens is 434 g/mol. The minimum Gasteiger partial charge on any atom is -0.398 e. The molecule has 9 heteroatoms. The van der Waals surface area contributed by atoms with E-state index in [4.69, 9.17) is 5.73 Å². The Bertz CT molecular complexity index is 813. The summed E-state index contributed by atoms with van der Waals surface area (Å²) in [5.74, 6) is -1.87. The Labute approximate surface area is 136 Å². The second kappa shape index (κ2) is 5.90. The first-order chi connectivity index (χ1) is 9.70. The molecule has 0 unspecified atom stereocenters. The van der Waals surface area contributed by atoms with E-state index in [0.29, 0.717) is 10.5 Å². The van der Waals surface area contributed by atoms with E-state index in [1.54, 1.807) is 6.07 Å². The largest absolute Gasteiger partial charge is 0.398 e. The molecule has 112 valence electrons. The van der Waals surface area contributed by atoms with Crippen LogP contribution in [0.1, 0.15) is 0 Å². The van der Waals surface area contributed by atoms with Crippen LogP contribution in [0, 0.1) is 11.6 Å². The van der Waals surface area contributed by atoms with Gasteiger partial charge in [-0.3, -0.25) is 4.72 Å². The lowest BCUT2D eigenvalue weighted by atomic mass is 10.3. The van der Waals surface area contributed by atoms with Gasteiger partial charge in [0, 0.05) is 10.5 Å². The number of benzene rings is 2. The lowest BCUT2D eigenvalue weighted by Gasteiger charge is -2.11. The van der Waals surface area contributed by atoms with Crippen molar-refractivity contribution >= 4 is 53.3 Å². The summed E-state index contributed by atoms with van der Waals surface area (Å²) in [6, 6.07) is 5.83. The molecule has 0 aromatic heterocycles. The molecule has 0 saturated carbocycles. The van der Waals surface area contributed by atoms with Crippen LogP contribution >= 0.6 is 31.9 Å². The van der Waals surface area contributed by atoms with Crippen molar-refractivity contribution in [1.29, 1.82) is 0 Å². The van der Waals surface area contributed by atoms with Crippen molar-refractivity contribution in [2.75, 3.05) is 10.5 Å². The molecule has 4 nitrogen and oxygen atoms in total. The molecule has 0 atom stereocenters. The van der Waals surface area contributed by atoms with Crippen molar-refractivity contribution in [3.8, 4) is 0 Å². The lowest BCUT2D eigenvalue weighted by Crippen LogP contribution is -2.16. The van der Waals surface area contributed by atoms with Crippen LogP contribution in [0.2, 0.25) is 0 Å². The average molecular weight is 442 g/mol. The number of halogens is 4. The molecular formula is C12H8Br2F2N2O2S. The highest BCUT2D eigenvalue weighted by Gasteiger charge is 2.20. The molecule has 0 radical (unpaired) electrons. The fourth-order valence-corrected chi connectivity index (χ4v) is 3.61. The summed E-state index contributed by atoms with van der Waals surface area (Å²) in [5.41, 5.74) is 5.24. The molecule has 0 amide bonds. The van der Waals surface area contributed by atoms with Gasteiger partial charge in [-0.1, -0.05) is 15.9 Å². The van der Waals surface area contributed by atoms with Gasteiger partial charge < -0.3 is 5.73 Å². The number of anilines is 2. The van der Waals surface area contributed by atoms with E-state index < -0.39 is 21.7 Å². The first-order valence-corrected chi connectivity index (χ1v) is 8.50. The van der Waals surface area contributed by atoms with Crippen molar-refractivity contribution in [1.82, 2.24) is 0 Å². The second-order valence-electron chi connectivity index (χ2n) is 4.03. The summed E-state index contributed by atoms with van der Waals surface area (Å²) in [4.78, 5) is -0.211. The third kappa shape index (κ3) is 3.53. The van der Waals surface area contributed by atoms with E-state index in [0.717, 1.165) is 6.07 Å². The Hall–Kier alpha value is -1.19. The second-order valence-corrected chi connectivity index (χ2v) is 7.45. The van der Waals surface area contributed by atoms with Crippen LogP contribution in [0.4, 0.5) is 20.2 Å². The standard InChI is InChI=1S/C12H8Br2F2N2O2S/c13-6-1-2-10(17)12(3-6)21(19,20)18-11-4-7(14)8(15)5-9(11)16/h1-5,18H,17H2. The van der Waals surface area contributed by atoms with Crippen LogP contribution in [-0.4, -0.2) is 8.42 Å². The maximum atomic E-state index is 13.6. The van der Waals surface area contributed by atoms with Crippen molar-refractivity contribution < 1.29 is 17.2 Å². The SMILES string of the molecule is Nc1ccc(Br)cc1S(=O)(=O)Nc1cc(Br)c(F)cc1F. The van der Waals surface area contributed by atoms with Gasteiger partial charge >= 0.3 is 0 Å². The fourth-order valence-electron chi connectivity index (χ4n) is 1.54. The zero-order chi connectivity index (χ0) is 15.8. The predicted molar refractivity (Wildman–Crippen MR) is 83.4 cm³/mol. The monoisotopic (exact) mass is 440 g/mol. The molecule has 0 saturated heterocycles.